The van der Waals surface area contributed by atoms with Gasteiger partial charge in [0.15, 0.2) is 0 Å². The minimum Gasteiger partial charge on any atom is -0.392 e. The van der Waals surface area contributed by atoms with Crippen LogP contribution in [-0.4, -0.2) is 29.8 Å². The lowest BCUT2D eigenvalue weighted by atomic mass is 9.90. The van der Waals surface area contributed by atoms with Crippen LogP contribution in [0.4, 0.5) is 5.69 Å². The predicted octanol–water partition coefficient (Wildman–Crippen LogP) is 0.625. The Labute approximate surface area is 106 Å². The second-order valence-electron chi connectivity index (χ2n) is 4.58. The Morgan fingerprint density at radius 3 is 2.50 bits per heavy atom. The second kappa shape index (κ2) is 5.48. The van der Waals surface area contributed by atoms with Crippen molar-refractivity contribution in [3.05, 3.63) is 29.8 Å². The fourth-order valence-electron chi connectivity index (χ4n) is 1.91. The molecular weight excluding hydrogens is 232 g/mol. The van der Waals surface area contributed by atoms with Crippen LogP contribution in [0.2, 0.25) is 0 Å². The molecule has 0 atom stereocenters. The number of benzene rings is 1. The molecule has 0 bridgehead atoms. The third-order valence-electron chi connectivity index (χ3n) is 3.23. The molecule has 0 saturated carbocycles. The van der Waals surface area contributed by atoms with Gasteiger partial charge in [-0.3, -0.25) is 4.79 Å². The van der Waals surface area contributed by atoms with E-state index in [0.29, 0.717) is 31.7 Å². The number of aliphatic hydroxyl groups excluding tert-OH is 1. The fraction of sp³-hybridized carbons (Fsp3) is 0.462. The van der Waals surface area contributed by atoms with Crippen LogP contribution in [0.5, 0.6) is 0 Å². The first-order chi connectivity index (χ1) is 8.64. The Hall–Kier alpha value is -1.43. The second-order valence-corrected chi connectivity index (χ2v) is 4.58. The molecule has 2 rings (SSSR count). The summed E-state index contributed by atoms with van der Waals surface area (Å²) < 4.78 is 5.21. The highest BCUT2D eigenvalue weighted by Crippen LogP contribution is 2.20. The van der Waals surface area contributed by atoms with E-state index in [1.807, 2.05) is 0 Å². The van der Waals surface area contributed by atoms with E-state index in [0.717, 1.165) is 5.56 Å². The van der Waals surface area contributed by atoms with Gasteiger partial charge in [0.05, 0.1) is 6.61 Å². The molecule has 1 aliphatic heterocycles. The van der Waals surface area contributed by atoms with Crippen molar-refractivity contribution in [2.75, 3.05) is 18.5 Å². The molecule has 0 radical (unpaired) electrons. The van der Waals surface area contributed by atoms with Crippen molar-refractivity contribution in [1.29, 1.82) is 0 Å². The quantitative estimate of drug-likeness (QED) is 0.734. The standard InChI is InChI=1S/C13H18N2O3/c14-13(5-7-18-8-6-13)12(17)15-11-3-1-10(9-16)2-4-11/h1-4,16H,5-9,14H2,(H,15,17). The van der Waals surface area contributed by atoms with E-state index in [4.69, 9.17) is 15.6 Å². The van der Waals surface area contributed by atoms with E-state index in [2.05, 4.69) is 5.32 Å². The Morgan fingerprint density at radius 2 is 1.94 bits per heavy atom. The van der Waals surface area contributed by atoms with Gasteiger partial charge >= 0.3 is 0 Å². The van der Waals surface area contributed by atoms with Gasteiger partial charge in [-0.15, -0.1) is 0 Å². The van der Waals surface area contributed by atoms with Crippen molar-refractivity contribution >= 4 is 11.6 Å². The molecule has 0 unspecified atom stereocenters. The number of anilines is 1. The molecule has 1 heterocycles. The van der Waals surface area contributed by atoms with Crippen LogP contribution in [0.15, 0.2) is 24.3 Å². The zero-order valence-corrected chi connectivity index (χ0v) is 10.2. The van der Waals surface area contributed by atoms with Gasteiger partial charge in [0.25, 0.3) is 0 Å². The molecule has 1 saturated heterocycles. The monoisotopic (exact) mass is 250 g/mol. The summed E-state index contributed by atoms with van der Waals surface area (Å²) in [5, 5.41) is 11.7. The summed E-state index contributed by atoms with van der Waals surface area (Å²) in [7, 11) is 0. The van der Waals surface area contributed by atoms with Gasteiger partial charge < -0.3 is 20.9 Å². The van der Waals surface area contributed by atoms with E-state index in [1.165, 1.54) is 0 Å². The average molecular weight is 250 g/mol. The first kappa shape index (κ1) is 13.0. The topological polar surface area (TPSA) is 84.6 Å². The van der Waals surface area contributed by atoms with Crippen molar-refractivity contribution in [2.24, 2.45) is 5.73 Å². The minimum absolute atomic E-state index is 0.00755. The van der Waals surface area contributed by atoms with Crippen molar-refractivity contribution < 1.29 is 14.6 Å². The number of ether oxygens (including phenoxy) is 1. The van der Waals surface area contributed by atoms with Gasteiger partial charge in [0, 0.05) is 18.9 Å². The molecule has 1 fully saturated rings. The molecule has 1 aliphatic rings. The van der Waals surface area contributed by atoms with Crippen molar-refractivity contribution in [1.82, 2.24) is 0 Å². The first-order valence-corrected chi connectivity index (χ1v) is 6.02. The molecule has 4 N–H and O–H groups in total. The predicted molar refractivity (Wildman–Crippen MR) is 68.0 cm³/mol. The Balaban J connectivity index is 2.01. The summed E-state index contributed by atoms with van der Waals surface area (Å²) in [5.74, 6) is -0.178. The summed E-state index contributed by atoms with van der Waals surface area (Å²) in [4.78, 5) is 12.1. The normalized spacial score (nSPS) is 18.3. The molecule has 0 aliphatic carbocycles. The van der Waals surface area contributed by atoms with Gasteiger partial charge in [-0.05, 0) is 30.5 Å². The highest BCUT2D eigenvalue weighted by molar-refractivity contribution is 5.98. The molecule has 0 spiro atoms. The molecular formula is C13H18N2O3. The third-order valence-corrected chi connectivity index (χ3v) is 3.23. The maximum atomic E-state index is 12.1. The molecule has 1 aromatic rings. The van der Waals surface area contributed by atoms with Gasteiger partial charge in [-0.25, -0.2) is 0 Å². The molecule has 1 amide bonds. The van der Waals surface area contributed by atoms with Crippen molar-refractivity contribution in [2.45, 2.75) is 25.0 Å². The molecule has 5 nitrogen and oxygen atoms in total. The van der Waals surface area contributed by atoms with Gasteiger partial charge in [-0.2, -0.15) is 0 Å². The van der Waals surface area contributed by atoms with E-state index in [9.17, 15) is 4.79 Å². The van der Waals surface area contributed by atoms with Gasteiger partial charge in [-0.1, -0.05) is 12.1 Å². The lowest BCUT2D eigenvalue weighted by Crippen LogP contribution is -2.54. The van der Waals surface area contributed by atoms with E-state index in [-0.39, 0.29) is 12.5 Å². The number of aliphatic hydroxyl groups is 1. The zero-order valence-electron chi connectivity index (χ0n) is 10.2. The van der Waals surface area contributed by atoms with Crippen LogP contribution in [0.25, 0.3) is 0 Å². The molecule has 0 aromatic heterocycles. The van der Waals surface area contributed by atoms with Crippen LogP contribution in [-0.2, 0) is 16.1 Å². The lowest BCUT2D eigenvalue weighted by Gasteiger charge is -2.31. The molecule has 18 heavy (non-hydrogen) atoms. The van der Waals surface area contributed by atoms with E-state index < -0.39 is 5.54 Å². The van der Waals surface area contributed by atoms with E-state index in [1.54, 1.807) is 24.3 Å². The fourth-order valence-corrected chi connectivity index (χ4v) is 1.91. The van der Waals surface area contributed by atoms with Gasteiger partial charge in [0.1, 0.15) is 5.54 Å². The summed E-state index contributed by atoms with van der Waals surface area (Å²) in [6.07, 6.45) is 1.07. The number of rotatable bonds is 3. The summed E-state index contributed by atoms with van der Waals surface area (Å²) >= 11 is 0. The maximum absolute atomic E-state index is 12.1. The largest absolute Gasteiger partial charge is 0.392 e. The maximum Gasteiger partial charge on any atom is 0.244 e. The SMILES string of the molecule is NC1(C(=O)Nc2ccc(CO)cc2)CCOCC1. The highest BCUT2D eigenvalue weighted by Gasteiger charge is 2.35. The Morgan fingerprint density at radius 1 is 1.33 bits per heavy atom. The van der Waals surface area contributed by atoms with Crippen LogP contribution >= 0.6 is 0 Å². The number of carbonyl (C=O) groups excluding carboxylic acids is 1. The van der Waals surface area contributed by atoms with Crippen LogP contribution in [0.3, 0.4) is 0 Å². The molecule has 5 heteroatoms. The zero-order chi connectivity index (χ0) is 13.0. The smallest absolute Gasteiger partial charge is 0.244 e. The number of amides is 1. The summed E-state index contributed by atoms with van der Waals surface area (Å²) in [6, 6.07) is 7.05. The summed E-state index contributed by atoms with van der Waals surface area (Å²) in [6.45, 7) is 1.03. The van der Waals surface area contributed by atoms with Crippen LogP contribution in [0, 0.1) is 0 Å². The summed E-state index contributed by atoms with van der Waals surface area (Å²) in [5.41, 5.74) is 6.73. The average Bonchev–Trinajstić information content (AvgIpc) is 2.40. The lowest BCUT2D eigenvalue weighted by molar-refractivity contribution is -0.124. The molecule has 1 aromatic carbocycles. The first-order valence-electron chi connectivity index (χ1n) is 6.02. The van der Waals surface area contributed by atoms with Gasteiger partial charge in [0.2, 0.25) is 5.91 Å². The Kier molecular flexibility index (Phi) is 3.96. The minimum atomic E-state index is -0.839. The number of nitrogens with one attached hydrogen (secondary N) is 1. The number of hydrogen-bond donors (Lipinski definition) is 3. The van der Waals surface area contributed by atoms with Crippen molar-refractivity contribution in [3.63, 3.8) is 0 Å². The third kappa shape index (κ3) is 2.87. The number of carbonyl (C=O) groups is 1. The molecule has 98 valence electrons. The van der Waals surface area contributed by atoms with E-state index >= 15 is 0 Å². The van der Waals surface area contributed by atoms with Crippen molar-refractivity contribution in [3.8, 4) is 0 Å². The Bertz CT molecular complexity index is 411. The number of nitrogens with two attached hydrogens (primary N) is 1. The van der Waals surface area contributed by atoms with Crippen LogP contribution < -0.4 is 11.1 Å². The van der Waals surface area contributed by atoms with Crippen LogP contribution in [0.1, 0.15) is 18.4 Å². The number of hydrogen-bond acceptors (Lipinski definition) is 4. The highest BCUT2D eigenvalue weighted by atomic mass is 16.5.